The van der Waals surface area contributed by atoms with Gasteiger partial charge in [0.15, 0.2) is 0 Å². The van der Waals surface area contributed by atoms with Crippen LogP contribution in [-0.4, -0.2) is 19.2 Å². The van der Waals surface area contributed by atoms with Gasteiger partial charge >= 0.3 is 0 Å². The molecule has 0 aliphatic carbocycles. The summed E-state index contributed by atoms with van der Waals surface area (Å²) in [6.45, 7) is 0. The van der Waals surface area contributed by atoms with Gasteiger partial charge < -0.3 is 4.57 Å². The summed E-state index contributed by atoms with van der Waals surface area (Å²) in [5.74, 6) is 1.47. The van der Waals surface area contributed by atoms with Crippen LogP contribution in [0.25, 0.3) is 83.3 Å². The number of benzene rings is 7. The minimum absolute atomic E-state index is 0.664. The molecule has 5 heteroatoms. The van der Waals surface area contributed by atoms with Crippen LogP contribution in [0, 0.1) is 0 Å². The van der Waals surface area contributed by atoms with E-state index in [4.69, 9.17) is 10.1 Å². The Morgan fingerprint density at radius 1 is 0.400 bits per heavy atom. The highest BCUT2D eigenvalue weighted by molar-refractivity contribution is 6.12. The molecule has 10 aromatic rings. The summed E-state index contributed by atoms with van der Waals surface area (Å²) in [5.41, 5.74) is 10.0. The van der Waals surface area contributed by atoms with Crippen molar-refractivity contribution in [1.29, 1.82) is 0 Å². The molecule has 0 bridgehead atoms. The van der Waals surface area contributed by atoms with Gasteiger partial charge in [0, 0.05) is 50.0 Å². The monoisotopic (exact) mass is 640 g/mol. The lowest BCUT2D eigenvalue weighted by Gasteiger charge is -2.09. The van der Waals surface area contributed by atoms with Crippen molar-refractivity contribution in [2.24, 2.45) is 0 Å². The molecule has 0 saturated heterocycles. The van der Waals surface area contributed by atoms with Crippen molar-refractivity contribution < 1.29 is 4.68 Å². The molecule has 0 fully saturated rings. The smallest absolute Gasteiger partial charge is 0.246 e. The molecule has 3 aromatic heterocycles. The molecule has 0 N–H and O–H groups in total. The molecule has 0 aliphatic rings. The van der Waals surface area contributed by atoms with Crippen LogP contribution in [0.3, 0.4) is 0 Å². The van der Waals surface area contributed by atoms with Gasteiger partial charge in [-0.1, -0.05) is 115 Å². The van der Waals surface area contributed by atoms with Crippen molar-refractivity contribution >= 4 is 43.6 Å². The topological polar surface area (TPSA) is 39.5 Å². The minimum atomic E-state index is 0.664. The van der Waals surface area contributed by atoms with Gasteiger partial charge in [0.05, 0.1) is 22.1 Å². The molecular formula is C45H30N5+. The van der Waals surface area contributed by atoms with Crippen molar-refractivity contribution in [2.75, 3.05) is 0 Å². The largest absolute Gasteiger partial charge is 0.309 e. The Morgan fingerprint density at radius 3 is 1.54 bits per heavy atom. The molecule has 7 aromatic carbocycles. The lowest BCUT2D eigenvalue weighted by atomic mass is 10.0. The van der Waals surface area contributed by atoms with Gasteiger partial charge in [-0.3, -0.25) is 4.57 Å². The maximum Gasteiger partial charge on any atom is 0.246 e. The van der Waals surface area contributed by atoms with Crippen molar-refractivity contribution in [3.05, 3.63) is 182 Å². The molecule has 0 spiro atoms. The van der Waals surface area contributed by atoms with Crippen molar-refractivity contribution in [1.82, 2.24) is 19.2 Å². The summed E-state index contributed by atoms with van der Waals surface area (Å²) in [4.78, 5) is 5.17. The second kappa shape index (κ2) is 11.4. The van der Waals surface area contributed by atoms with Crippen LogP contribution in [0.15, 0.2) is 182 Å². The third-order valence-corrected chi connectivity index (χ3v) is 9.64. The highest BCUT2D eigenvalue weighted by Crippen LogP contribution is 2.38. The lowest BCUT2D eigenvalue weighted by Crippen LogP contribution is -2.36. The molecule has 5 nitrogen and oxygen atoms in total. The molecule has 0 amide bonds. The fourth-order valence-corrected chi connectivity index (χ4v) is 7.34. The number of hydrogen-bond acceptors (Lipinski definition) is 2. The second-order valence-electron chi connectivity index (χ2n) is 12.6. The Kier molecular flexibility index (Phi) is 6.42. The van der Waals surface area contributed by atoms with Crippen molar-refractivity contribution in [3.8, 4) is 39.7 Å². The van der Waals surface area contributed by atoms with Gasteiger partial charge in [-0.2, -0.15) is 4.98 Å². The Bertz CT molecular complexity index is 2800. The summed E-state index contributed by atoms with van der Waals surface area (Å²) in [7, 11) is 0. The van der Waals surface area contributed by atoms with Crippen molar-refractivity contribution in [2.45, 2.75) is 0 Å². The number of nitrogens with zero attached hydrogens (tertiary/aromatic N) is 5. The minimum Gasteiger partial charge on any atom is -0.309 e. The molecule has 10 rings (SSSR count). The normalized spacial score (nSPS) is 11.6. The highest BCUT2D eigenvalue weighted by Gasteiger charge is 2.21. The summed E-state index contributed by atoms with van der Waals surface area (Å²) >= 11 is 0. The number of para-hydroxylation sites is 4. The standard InChI is InChI=1S/C45H30N5/c1-4-14-31(15-5-1)45-46-44(30-48(47-45)34-16-6-2-7-17-34)50-41-23-13-11-21-37(41)39-29-33(25-27-43(39)50)32-24-26-42-38(28-32)36-20-10-12-22-40(36)49(42)35-18-8-3-9-19-35/h1-30H/q+1. The van der Waals surface area contributed by atoms with Gasteiger partial charge in [-0.05, 0) is 64.3 Å². The van der Waals surface area contributed by atoms with Gasteiger partial charge in [0.1, 0.15) is 0 Å². The third kappa shape index (κ3) is 4.52. The summed E-state index contributed by atoms with van der Waals surface area (Å²) in [6, 6.07) is 61.9. The first-order valence-electron chi connectivity index (χ1n) is 16.8. The third-order valence-electron chi connectivity index (χ3n) is 9.64. The molecule has 234 valence electrons. The molecule has 50 heavy (non-hydrogen) atoms. The summed E-state index contributed by atoms with van der Waals surface area (Å²) in [5, 5.41) is 9.80. The van der Waals surface area contributed by atoms with E-state index in [-0.39, 0.29) is 0 Å². The maximum absolute atomic E-state index is 5.17. The quantitative estimate of drug-likeness (QED) is 0.176. The van der Waals surface area contributed by atoms with Gasteiger partial charge in [-0.15, -0.1) is 0 Å². The predicted octanol–water partition coefficient (Wildman–Crippen LogP) is 10.3. The highest BCUT2D eigenvalue weighted by atomic mass is 15.3. The Morgan fingerprint density at radius 2 is 0.900 bits per heavy atom. The first-order valence-corrected chi connectivity index (χ1v) is 16.8. The van der Waals surface area contributed by atoms with E-state index in [9.17, 15) is 0 Å². The average Bonchev–Trinajstić information content (AvgIpc) is 3.71. The van der Waals surface area contributed by atoms with Crippen LogP contribution in [0.1, 0.15) is 0 Å². The van der Waals surface area contributed by atoms with E-state index in [0.717, 1.165) is 33.8 Å². The molecule has 0 saturated carbocycles. The summed E-state index contributed by atoms with van der Waals surface area (Å²) < 4.78 is 6.55. The molecule has 0 aliphatic heterocycles. The van der Waals surface area contributed by atoms with Gasteiger partial charge in [0.25, 0.3) is 0 Å². The average molecular weight is 641 g/mol. The molecule has 0 unspecified atom stereocenters. The van der Waals surface area contributed by atoms with Crippen LogP contribution in [-0.2, 0) is 0 Å². The Balaban J connectivity index is 1.17. The van der Waals surface area contributed by atoms with Gasteiger partial charge in [-0.25, -0.2) is 0 Å². The SMILES string of the molecule is c1ccc(-c2nc(-n3c4ccccc4c4cc(-c5ccc6c(c5)c5ccccc5n6-c5ccccc5)ccc43)c[n+](-c3ccccc3)n2)cc1. The van der Waals surface area contributed by atoms with Crippen molar-refractivity contribution in [3.63, 3.8) is 0 Å². The fourth-order valence-electron chi connectivity index (χ4n) is 7.34. The fraction of sp³-hybridized carbons (Fsp3) is 0. The number of aromatic nitrogens is 5. The second-order valence-corrected chi connectivity index (χ2v) is 12.6. The van der Waals surface area contributed by atoms with E-state index in [1.54, 1.807) is 0 Å². The molecule has 0 atom stereocenters. The zero-order valence-electron chi connectivity index (χ0n) is 27.1. The van der Waals surface area contributed by atoms with Crippen LogP contribution < -0.4 is 4.68 Å². The van der Waals surface area contributed by atoms with Crippen LogP contribution in [0.4, 0.5) is 0 Å². The van der Waals surface area contributed by atoms with E-state index in [1.807, 2.05) is 47.3 Å². The number of fused-ring (bicyclic) bond motifs is 6. The zero-order chi connectivity index (χ0) is 33.0. The zero-order valence-corrected chi connectivity index (χ0v) is 27.1. The van der Waals surface area contributed by atoms with E-state index in [2.05, 4.69) is 149 Å². The number of rotatable bonds is 5. The first-order chi connectivity index (χ1) is 24.8. The molecule has 3 heterocycles. The molecular weight excluding hydrogens is 611 g/mol. The van der Waals surface area contributed by atoms with Crippen LogP contribution >= 0.6 is 0 Å². The van der Waals surface area contributed by atoms with Crippen LogP contribution in [0.5, 0.6) is 0 Å². The van der Waals surface area contributed by atoms with E-state index in [1.165, 1.54) is 43.7 Å². The van der Waals surface area contributed by atoms with E-state index in [0.29, 0.717) is 5.82 Å². The molecule has 0 radical (unpaired) electrons. The number of hydrogen-bond donors (Lipinski definition) is 0. The van der Waals surface area contributed by atoms with E-state index >= 15 is 0 Å². The Hall–Kier alpha value is -6.85. The van der Waals surface area contributed by atoms with Crippen LogP contribution in [0.2, 0.25) is 0 Å². The summed E-state index contributed by atoms with van der Waals surface area (Å²) in [6.07, 6.45) is 2.03. The first kappa shape index (κ1) is 28.2. The van der Waals surface area contributed by atoms with E-state index < -0.39 is 0 Å². The predicted molar refractivity (Wildman–Crippen MR) is 203 cm³/mol. The van der Waals surface area contributed by atoms with Gasteiger partial charge in [0.2, 0.25) is 23.5 Å². The Labute approximate surface area is 288 Å². The lowest BCUT2D eigenvalue weighted by molar-refractivity contribution is -0.659. The maximum atomic E-state index is 5.17.